The molecule has 11 nitrogen and oxygen atoms in total. The Bertz CT molecular complexity index is 1250. The van der Waals surface area contributed by atoms with Crippen molar-refractivity contribution in [2.45, 2.75) is 38.3 Å². The van der Waals surface area contributed by atoms with E-state index in [1.54, 1.807) is 28.0 Å². The number of hydrogen-bond acceptors (Lipinski definition) is 8. The van der Waals surface area contributed by atoms with E-state index in [1.807, 2.05) is 11.9 Å². The van der Waals surface area contributed by atoms with Gasteiger partial charge < -0.3 is 10.2 Å². The first-order chi connectivity index (χ1) is 17.9. The molecule has 192 valence electrons. The van der Waals surface area contributed by atoms with Crippen molar-refractivity contribution in [3.63, 3.8) is 0 Å². The topological polar surface area (TPSA) is 135 Å². The molecule has 2 saturated carbocycles. The van der Waals surface area contributed by atoms with Gasteiger partial charge in [-0.3, -0.25) is 24.7 Å². The zero-order valence-electron chi connectivity index (χ0n) is 20.8. The molecule has 0 spiro atoms. The smallest absolute Gasteiger partial charge is 0.328 e. The summed E-state index contributed by atoms with van der Waals surface area (Å²) in [6, 6.07) is 6.86. The van der Waals surface area contributed by atoms with Gasteiger partial charge in [0.2, 0.25) is 5.91 Å². The fourth-order valence-electron chi connectivity index (χ4n) is 4.36. The zero-order valence-corrected chi connectivity index (χ0v) is 20.8. The van der Waals surface area contributed by atoms with Crippen LogP contribution < -0.4 is 15.5 Å². The van der Waals surface area contributed by atoms with E-state index in [1.165, 1.54) is 19.0 Å². The standard InChI is InChI=1S/C26H30N8O3/c1-32-8-9-33(25(36)15-32)14-18-4-7-24(30-22(18)16-35)34(20-5-6-20)26(37)31-23-10-21(19(11-27)13-29-23)28-12-17-2-3-17/h4,7,10,13,16-17,20H,2-3,5-6,8-9,12,14-15H2,1H3,(H2,28,29,31,37). The molecule has 1 saturated heterocycles. The van der Waals surface area contributed by atoms with Crippen molar-refractivity contribution in [3.05, 3.63) is 41.2 Å². The van der Waals surface area contributed by atoms with E-state index in [4.69, 9.17) is 0 Å². The van der Waals surface area contributed by atoms with E-state index < -0.39 is 6.03 Å². The summed E-state index contributed by atoms with van der Waals surface area (Å²) >= 11 is 0. The number of rotatable bonds is 9. The van der Waals surface area contributed by atoms with E-state index in [2.05, 4.69) is 26.7 Å². The van der Waals surface area contributed by atoms with Gasteiger partial charge in [0.25, 0.3) is 0 Å². The molecule has 1 aliphatic heterocycles. The molecule has 3 fully saturated rings. The van der Waals surface area contributed by atoms with E-state index >= 15 is 0 Å². The fraction of sp³-hybridized carbons (Fsp3) is 0.462. The summed E-state index contributed by atoms with van der Waals surface area (Å²) in [5.41, 5.74) is 1.92. The highest BCUT2D eigenvalue weighted by Crippen LogP contribution is 2.33. The fourth-order valence-corrected chi connectivity index (χ4v) is 4.36. The van der Waals surface area contributed by atoms with Gasteiger partial charge in [-0.25, -0.2) is 14.8 Å². The molecule has 37 heavy (non-hydrogen) atoms. The van der Waals surface area contributed by atoms with Crippen molar-refractivity contribution in [2.24, 2.45) is 5.92 Å². The molecule has 2 aromatic heterocycles. The summed E-state index contributed by atoms with van der Waals surface area (Å²) in [4.78, 5) is 51.5. The Kier molecular flexibility index (Phi) is 7.01. The number of pyridine rings is 2. The number of nitriles is 1. The van der Waals surface area contributed by atoms with Crippen molar-refractivity contribution >= 4 is 35.5 Å². The van der Waals surface area contributed by atoms with E-state index in [-0.39, 0.29) is 17.6 Å². The van der Waals surface area contributed by atoms with Crippen LogP contribution in [0.1, 0.15) is 47.3 Å². The van der Waals surface area contributed by atoms with Crippen LogP contribution in [-0.2, 0) is 11.3 Å². The van der Waals surface area contributed by atoms with Gasteiger partial charge in [0.05, 0.1) is 17.8 Å². The maximum atomic E-state index is 13.3. The molecule has 11 heteroatoms. The second kappa shape index (κ2) is 10.5. The van der Waals surface area contributed by atoms with Crippen LogP contribution in [0.2, 0.25) is 0 Å². The van der Waals surface area contributed by atoms with Gasteiger partial charge in [0.1, 0.15) is 23.4 Å². The van der Waals surface area contributed by atoms with E-state index in [9.17, 15) is 19.6 Å². The largest absolute Gasteiger partial charge is 0.384 e. The number of nitrogens with one attached hydrogen (secondary N) is 2. The summed E-state index contributed by atoms with van der Waals surface area (Å²) < 4.78 is 0. The van der Waals surface area contributed by atoms with Gasteiger partial charge in [0, 0.05) is 50.0 Å². The maximum absolute atomic E-state index is 13.3. The number of aldehydes is 1. The SMILES string of the molecule is CN1CCN(Cc2ccc(N(C(=O)Nc3cc(NCC4CC4)c(C#N)cn3)C3CC3)nc2C=O)C(=O)C1. The Morgan fingerprint density at radius 3 is 2.76 bits per heavy atom. The molecular weight excluding hydrogens is 472 g/mol. The van der Waals surface area contributed by atoms with Gasteiger partial charge in [-0.05, 0) is 44.7 Å². The Labute approximate surface area is 215 Å². The van der Waals surface area contributed by atoms with Gasteiger partial charge in [-0.15, -0.1) is 0 Å². The third kappa shape index (κ3) is 5.86. The summed E-state index contributed by atoms with van der Waals surface area (Å²) in [5, 5.41) is 15.5. The highest BCUT2D eigenvalue weighted by Gasteiger charge is 2.35. The number of piperazine rings is 1. The summed E-state index contributed by atoms with van der Waals surface area (Å²) in [5.74, 6) is 1.33. The third-order valence-corrected chi connectivity index (χ3v) is 6.90. The second-order valence-electron chi connectivity index (χ2n) is 9.97. The lowest BCUT2D eigenvalue weighted by Crippen LogP contribution is -2.48. The normalized spacial score (nSPS) is 17.7. The molecule has 0 bridgehead atoms. The van der Waals surface area contributed by atoms with Crippen molar-refractivity contribution in [1.29, 1.82) is 5.26 Å². The molecular formula is C26H30N8O3. The molecule has 2 N–H and O–H groups in total. The molecule has 2 aliphatic carbocycles. The van der Waals surface area contributed by atoms with Gasteiger partial charge in [-0.2, -0.15) is 5.26 Å². The van der Waals surface area contributed by atoms with Gasteiger partial charge >= 0.3 is 6.03 Å². The highest BCUT2D eigenvalue weighted by molar-refractivity contribution is 6.02. The quantitative estimate of drug-likeness (QED) is 0.500. The molecule has 3 aliphatic rings. The van der Waals surface area contributed by atoms with Gasteiger partial charge in [0.15, 0.2) is 6.29 Å². The average molecular weight is 503 g/mol. The van der Waals surface area contributed by atoms with Crippen LogP contribution in [0.5, 0.6) is 0 Å². The molecule has 0 aromatic carbocycles. The number of carbonyl (C=O) groups excluding carboxylic acids is 3. The summed E-state index contributed by atoms with van der Waals surface area (Å²) in [6.45, 7) is 2.78. The predicted molar refractivity (Wildman–Crippen MR) is 137 cm³/mol. The molecule has 0 unspecified atom stereocenters. The number of urea groups is 1. The molecule has 3 heterocycles. The van der Waals surface area contributed by atoms with Crippen LogP contribution in [0.15, 0.2) is 24.4 Å². The number of carbonyl (C=O) groups is 3. The minimum atomic E-state index is -0.404. The molecule has 2 aromatic rings. The maximum Gasteiger partial charge on any atom is 0.328 e. The zero-order chi connectivity index (χ0) is 25.9. The first kappa shape index (κ1) is 24.6. The van der Waals surface area contributed by atoms with Crippen LogP contribution in [-0.4, -0.2) is 77.3 Å². The van der Waals surface area contributed by atoms with Crippen LogP contribution in [0.4, 0.5) is 22.1 Å². The van der Waals surface area contributed by atoms with Crippen LogP contribution in [0, 0.1) is 17.2 Å². The number of anilines is 3. The number of nitrogens with zero attached hydrogens (tertiary/aromatic N) is 6. The molecule has 5 rings (SSSR count). The number of aromatic nitrogens is 2. The van der Waals surface area contributed by atoms with Crippen LogP contribution in [0.3, 0.4) is 0 Å². The molecule has 0 radical (unpaired) electrons. The Morgan fingerprint density at radius 2 is 2.08 bits per heavy atom. The number of likely N-dealkylation sites (N-methyl/N-ethyl adjacent to an activating group) is 1. The predicted octanol–water partition coefficient (Wildman–Crippen LogP) is 2.46. The summed E-state index contributed by atoms with van der Waals surface area (Å²) in [6.07, 6.45) is 6.14. The third-order valence-electron chi connectivity index (χ3n) is 6.90. The van der Waals surface area contributed by atoms with Crippen molar-refractivity contribution in [1.82, 2.24) is 19.8 Å². The monoisotopic (exact) mass is 502 g/mol. The Hall–Kier alpha value is -4.04. The minimum Gasteiger partial charge on any atom is -0.384 e. The van der Waals surface area contributed by atoms with Crippen molar-refractivity contribution in [3.8, 4) is 6.07 Å². The lowest BCUT2D eigenvalue weighted by Gasteiger charge is -2.32. The lowest BCUT2D eigenvalue weighted by molar-refractivity contribution is -0.136. The second-order valence-corrected chi connectivity index (χ2v) is 9.97. The van der Waals surface area contributed by atoms with E-state index in [0.29, 0.717) is 60.3 Å². The van der Waals surface area contributed by atoms with Crippen molar-refractivity contribution < 1.29 is 14.4 Å². The van der Waals surface area contributed by atoms with Gasteiger partial charge in [-0.1, -0.05) is 6.07 Å². The van der Waals surface area contributed by atoms with E-state index in [0.717, 1.165) is 25.9 Å². The first-order valence-electron chi connectivity index (χ1n) is 12.6. The molecule has 0 atom stereocenters. The summed E-state index contributed by atoms with van der Waals surface area (Å²) in [7, 11) is 1.90. The van der Waals surface area contributed by atoms with Crippen LogP contribution >= 0.6 is 0 Å². The highest BCUT2D eigenvalue weighted by atomic mass is 16.2. The lowest BCUT2D eigenvalue weighted by atomic mass is 10.1. The first-order valence-corrected chi connectivity index (χ1v) is 12.6. The van der Waals surface area contributed by atoms with Crippen LogP contribution in [0.25, 0.3) is 0 Å². The van der Waals surface area contributed by atoms with Crippen molar-refractivity contribution in [2.75, 3.05) is 48.8 Å². The minimum absolute atomic E-state index is 0.00886. The Morgan fingerprint density at radius 1 is 1.27 bits per heavy atom. The average Bonchev–Trinajstić information content (AvgIpc) is 3.81. The number of hydrogen-bond donors (Lipinski definition) is 2. The molecule has 3 amide bonds. The Balaban J connectivity index is 1.32. The number of amides is 3.